The van der Waals surface area contributed by atoms with Crippen molar-refractivity contribution < 1.29 is 14.3 Å². The molecule has 1 amide bonds. The zero-order valence-electron chi connectivity index (χ0n) is 11.4. The Kier molecular flexibility index (Phi) is 5.30. The Labute approximate surface area is 123 Å². The van der Waals surface area contributed by atoms with Gasteiger partial charge in [0.15, 0.2) is 11.5 Å². The molecule has 0 atom stereocenters. The van der Waals surface area contributed by atoms with Crippen LogP contribution >= 0.6 is 11.6 Å². The van der Waals surface area contributed by atoms with Gasteiger partial charge in [-0.25, -0.2) is 0 Å². The quantitative estimate of drug-likeness (QED) is 0.671. The van der Waals surface area contributed by atoms with Crippen molar-refractivity contribution in [3.05, 3.63) is 28.8 Å². The van der Waals surface area contributed by atoms with Crippen LogP contribution in [0.25, 0.3) is 6.08 Å². The van der Waals surface area contributed by atoms with E-state index < -0.39 is 0 Å². The van der Waals surface area contributed by atoms with E-state index in [1.165, 1.54) is 6.08 Å². The van der Waals surface area contributed by atoms with Gasteiger partial charge in [-0.3, -0.25) is 4.79 Å². The van der Waals surface area contributed by atoms with Gasteiger partial charge in [-0.15, -0.1) is 0 Å². The first-order chi connectivity index (χ1) is 9.70. The first kappa shape index (κ1) is 14.7. The molecule has 108 valence electrons. The SMILES string of the molecule is CCCCNC(=O)/C=C/c1cc(Cl)c2c(c1)OCCO2. The first-order valence-electron chi connectivity index (χ1n) is 6.75. The van der Waals surface area contributed by atoms with E-state index in [0.29, 0.717) is 36.3 Å². The third-order valence-corrected chi connectivity index (χ3v) is 3.16. The Bertz CT molecular complexity index is 514. The Hall–Kier alpha value is -1.68. The number of fused-ring (bicyclic) bond motifs is 1. The second-order valence-corrected chi connectivity index (χ2v) is 4.91. The van der Waals surface area contributed by atoms with Crippen LogP contribution in [0.4, 0.5) is 0 Å². The molecular formula is C15H18ClNO3. The largest absolute Gasteiger partial charge is 0.486 e. The van der Waals surface area contributed by atoms with Crippen LogP contribution in [-0.4, -0.2) is 25.7 Å². The van der Waals surface area contributed by atoms with Crippen molar-refractivity contribution in [3.63, 3.8) is 0 Å². The minimum absolute atomic E-state index is 0.107. The van der Waals surface area contributed by atoms with E-state index in [4.69, 9.17) is 21.1 Å². The molecule has 1 aliphatic rings. The number of halogens is 1. The van der Waals surface area contributed by atoms with Crippen LogP contribution in [0.2, 0.25) is 5.02 Å². The molecule has 1 N–H and O–H groups in total. The standard InChI is InChI=1S/C15H18ClNO3/c1-2-3-6-17-14(18)5-4-11-9-12(16)15-13(10-11)19-7-8-20-15/h4-5,9-10H,2-3,6-8H2,1H3,(H,17,18)/b5-4+. The van der Waals surface area contributed by atoms with E-state index in [9.17, 15) is 4.79 Å². The lowest BCUT2D eigenvalue weighted by molar-refractivity contribution is -0.116. The Morgan fingerprint density at radius 1 is 1.40 bits per heavy atom. The summed E-state index contributed by atoms with van der Waals surface area (Å²) >= 11 is 6.13. The highest BCUT2D eigenvalue weighted by atomic mass is 35.5. The summed E-state index contributed by atoms with van der Waals surface area (Å²) in [5, 5.41) is 3.31. The molecule has 0 saturated heterocycles. The molecule has 1 aromatic carbocycles. The highest BCUT2D eigenvalue weighted by Gasteiger charge is 2.15. The Balaban J connectivity index is 2.02. The third-order valence-electron chi connectivity index (χ3n) is 2.88. The molecule has 4 nitrogen and oxygen atoms in total. The summed E-state index contributed by atoms with van der Waals surface area (Å²) in [6.07, 6.45) is 5.25. The molecule has 5 heteroatoms. The lowest BCUT2D eigenvalue weighted by Crippen LogP contribution is -2.21. The van der Waals surface area contributed by atoms with Gasteiger partial charge in [-0.1, -0.05) is 24.9 Å². The number of carbonyl (C=O) groups is 1. The molecule has 0 aliphatic carbocycles. The van der Waals surface area contributed by atoms with E-state index in [-0.39, 0.29) is 5.91 Å². The topological polar surface area (TPSA) is 47.6 Å². The Morgan fingerprint density at radius 3 is 3.00 bits per heavy atom. The minimum Gasteiger partial charge on any atom is -0.486 e. The number of unbranched alkanes of at least 4 members (excludes halogenated alkanes) is 1. The van der Waals surface area contributed by atoms with Crippen molar-refractivity contribution in [3.8, 4) is 11.5 Å². The summed E-state index contributed by atoms with van der Waals surface area (Å²) in [4.78, 5) is 11.6. The van der Waals surface area contributed by atoms with Crippen LogP contribution in [0.15, 0.2) is 18.2 Å². The number of nitrogens with one attached hydrogen (secondary N) is 1. The van der Waals surface area contributed by atoms with Gasteiger partial charge in [0, 0.05) is 12.6 Å². The van der Waals surface area contributed by atoms with Gasteiger partial charge < -0.3 is 14.8 Å². The summed E-state index contributed by atoms with van der Waals surface area (Å²) in [5.74, 6) is 1.08. The maximum Gasteiger partial charge on any atom is 0.243 e. The van der Waals surface area contributed by atoms with Crippen LogP contribution in [0.5, 0.6) is 11.5 Å². The maximum atomic E-state index is 11.6. The van der Waals surface area contributed by atoms with Gasteiger partial charge >= 0.3 is 0 Å². The van der Waals surface area contributed by atoms with E-state index in [1.54, 1.807) is 12.1 Å². The number of hydrogen-bond donors (Lipinski definition) is 1. The summed E-state index contributed by atoms with van der Waals surface area (Å²) in [5.41, 5.74) is 0.810. The van der Waals surface area contributed by atoms with Gasteiger partial charge in [0.05, 0.1) is 5.02 Å². The van der Waals surface area contributed by atoms with Crippen molar-refractivity contribution in [1.29, 1.82) is 0 Å². The number of carbonyl (C=O) groups excluding carboxylic acids is 1. The van der Waals surface area contributed by atoms with Gasteiger partial charge in [0.1, 0.15) is 13.2 Å². The molecular weight excluding hydrogens is 278 g/mol. The molecule has 0 unspecified atom stereocenters. The molecule has 0 radical (unpaired) electrons. The second kappa shape index (κ2) is 7.20. The third kappa shape index (κ3) is 3.90. The van der Waals surface area contributed by atoms with E-state index in [2.05, 4.69) is 12.2 Å². The number of hydrogen-bond acceptors (Lipinski definition) is 3. The molecule has 0 spiro atoms. The molecule has 0 saturated carbocycles. The normalized spacial score (nSPS) is 13.5. The van der Waals surface area contributed by atoms with Crippen molar-refractivity contribution in [1.82, 2.24) is 5.32 Å². The molecule has 0 bridgehead atoms. The number of amides is 1. The van der Waals surface area contributed by atoms with E-state index >= 15 is 0 Å². The van der Waals surface area contributed by atoms with Gasteiger partial charge in [-0.2, -0.15) is 0 Å². The predicted octanol–water partition coefficient (Wildman–Crippen LogP) is 3.04. The molecule has 2 rings (SSSR count). The van der Waals surface area contributed by atoms with Crippen LogP contribution < -0.4 is 14.8 Å². The molecule has 0 fully saturated rings. The predicted molar refractivity (Wildman–Crippen MR) is 79.4 cm³/mol. The summed E-state index contributed by atoms with van der Waals surface area (Å²) in [6, 6.07) is 3.57. The van der Waals surface area contributed by atoms with Crippen LogP contribution in [0.3, 0.4) is 0 Å². The molecule has 0 aromatic heterocycles. The highest BCUT2D eigenvalue weighted by Crippen LogP contribution is 2.38. The number of rotatable bonds is 5. The van der Waals surface area contributed by atoms with Gasteiger partial charge in [0.2, 0.25) is 5.91 Å². The van der Waals surface area contributed by atoms with Gasteiger partial charge in [-0.05, 0) is 30.2 Å². The zero-order chi connectivity index (χ0) is 14.4. The average molecular weight is 296 g/mol. The highest BCUT2D eigenvalue weighted by molar-refractivity contribution is 6.32. The van der Waals surface area contributed by atoms with Crippen molar-refractivity contribution in [2.75, 3.05) is 19.8 Å². The monoisotopic (exact) mass is 295 g/mol. The summed E-state index contributed by atoms with van der Waals surface area (Å²) in [6.45, 7) is 3.79. The first-order valence-corrected chi connectivity index (χ1v) is 7.13. The maximum absolute atomic E-state index is 11.6. The molecule has 20 heavy (non-hydrogen) atoms. The minimum atomic E-state index is -0.107. The zero-order valence-corrected chi connectivity index (χ0v) is 12.2. The van der Waals surface area contributed by atoms with Crippen molar-refractivity contribution >= 4 is 23.6 Å². The second-order valence-electron chi connectivity index (χ2n) is 4.50. The number of ether oxygens (including phenoxy) is 2. The molecule has 1 heterocycles. The fourth-order valence-corrected chi connectivity index (χ4v) is 2.12. The van der Waals surface area contributed by atoms with Crippen LogP contribution in [-0.2, 0) is 4.79 Å². The number of benzene rings is 1. The van der Waals surface area contributed by atoms with Crippen LogP contribution in [0.1, 0.15) is 25.3 Å². The van der Waals surface area contributed by atoms with Crippen LogP contribution in [0, 0.1) is 0 Å². The average Bonchev–Trinajstić information content (AvgIpc) is 2.45. The van der Waals surface area contributed by atoms with Crippen molar-refractivity contribution in [2.45, 2.75) is 19.8 Å². The Morgan fingerprint density at radius 2 is 2.20 bits per heavy atom. The lowest BCUT2D eigenvalue weighted by atomic mass is 10.1. The molecule has 1 aromatic rings. The van der Waals surface area contributed by atoms with E-state index in [1.807, 2.05) is 6.07 Å². The van der Waals surface area contributed by atoms with Crippen molar-refractivity contribution in [2.24, 2.45) is 0 Å². The van der Waals surface area contributed by atoms with Gasteiger partial charge in [0.25, 0.3) is 0 Å². The summed E-state index contributed by atoms with van der Waals surface area (Å²) in [7, 11) is 0. The summed E-state index contributed by atoms with van der Waals surface area (Å²) < 4.78 is 10.9. The molecule has 1 aliphatic heterocycles. The fraction of sp³-hybridized carbons (Fsp3) is 0.400. The van der Waals surface area contributed by atoms with E-state index in [0.717, 1.165) is 18.4 Å². The fourth-order valence-electron chi connectivity index (χ4n) is 1.85. The smallest absolute Gasteiger partial charge is 0.243 e. The lowest BCUT2D eigenvalue weighted by Gasteiger charge is -2.19.